The summed E-state index contributed by atoms with van der Waals surface area (Å²) in [5.74, 6) is 1.02. The summed E-state index contributed by atoms with van der Waals surface area (Å²) in [6.07, 6.45) is 3.74. The van der Waals surface area contributed by atoms with Crippen molar-refractivity contribution in [1.82, 2.24) is 14.9 Å². The minimum atomic E-state index is 0.0751. The average Bonchev–Trinajstić information content (AvgIpc) is 2.69. The van der Waals surface area contributed by atoms with Crippen molar-refractivity contribution in [3.63, 3.8) is 0 Å². The number of rotatable bonds is 8. The molecule has 0 saturated heterocycles. The van der Waals surface area contributed by atoms with E-state index in [-0.39, 0.29) is 6.61 Å². The van der Waals surface area contributed by atoms with Crippen molar-refractivity contribution in [2.24, 2.45) is 0 Å². The molecule has 0 fully saturated rings. The Morgan fingerprint density at radius 3 is 3.00 bits per heavy atom. The molecular formula is C11H21N3O2. The minimum absolute atomic E-state index is 0.0751. The van der Waals surface area contributed by atoms with Crippen LogP contribution in [0.3, 0.4) is 0 Å². The van der Waals surface area contributed by atoms with Gasteiger partial charge in [0.25, 0.3) is 0 Å². The van der Waals surface area contributed by atoms with Gasteiger partial charge in [0.2, 0.25) is 0 Å². The van der Waals surface area contributed by atoms with Crippen molar-refractivity contribution in [2.45, 2.75) is 33.0 Å². The Hall–Kier alpha value is -0.910. The second-order valence-corrected chi connectivity index (χ2v) is 3.91. The van der Waals surface area contributed by atoms with Gasteiger partial charge in [0.05, 0.1) is 26.4 Å². The largest absolute Gasteiger partial charge is 0.394 e. The molecule has 0 aliphatic carbocycles. The predicted octanol–water partition coefficient (Wildman–Crippen LogP) is 0.390. The van der Waals surface area contributed by atoms with Gasteiger partial charge in [0, 0.05) is 25.0 Å². The van der Waals surface area contributed by atoms with E-state index in [1.165, 1.54) is 0 Å². The van der Waals surface area contributed by atoms with E-state index >= 15 is 0 Å². The van der Waals surface area contributed by atoms with Crippen molar-refractivity contribution >= 4 is 0 Å². The minimum Gasteiger partial charge on any atom is -0.394 e. The van der Waals surface area contributed by atoms with Crippen LogP contribution in [0.4, 0.5) is 0 Å². The average molecular weight is 227 g/mol. The molecule has 0 atom stereocenters. The van der Waals surface area contributed by atoms with Gasteiger partial charge in [-0.15, -0.1) is 0 Å². The van der Waals surface area contributed by atoms with Gasteiger partial charge in [-0.25, -0.2) is 4.98 Å². The van der Waals surface area contributed by atoms with Crippen LogP contribution in [0.1, 0.15) is 19.7 Å². The summed E-state index contributed by atoms with van der Waals surface area (Å²) in [6, 6.07) is 0.454. The number of imidazole rings is 1. The molecule has 1 aromatic rings. The molecule has 0 bridgehead atoms. The Balaban J connectivity index is 2.32. The zero-order chi connectivity index (χ0) is 11.8. The number of nitrogens with zero attached hydrogens (tertiary/aromatic N) is 2. The summed E-state index contributed by atoms with van der Waals surface area (Å²) in [4.78, 5) is 4.28. The van der Waals surface area contributed by atoms with E-state index in [4.69, 9.17) is 9.84 Å². The Kier molecular flexibility index (Phi) is 6.07. The standard InChI is InChI=1S/C11H21N3O2/c1-10(2)13-9-11-12-3-4-14(11)5-7-16-8-6-15/h3-4,10,13,15H,5-9H2,1-2H3. The summed E-state index contributed by atoms with van der Waals surface area (Å²) < 4.78 is 7.28. The van der Waals surface area contributed by atoms with Gasteiger partial charge in [-0.2, -0.15) is 0 Å². The number of aliphatic hydroxyl groups excluding tert-OH is 1. The lowest BCUT2D eigenvalue weighted by molar-refractivity contribution is 0.0865. The van der Waals surface area contributed by atoms with Crippen molar-refractivity contribution in [2.75, 3.05) is 19.8 Å². The highest BCUT2D eigenvalue weighted by Crippen LogP contribution is 1.98. The Morgan fingerprint density at radius 1 is 1.50 bits per heavy atom. The molecule has 0 saturated carbocycles. The van der Waals surface area contributed by atoms with Crippen molar-refractivity contribution in [1.29, 1.82) is 0 Å². The molecule has 0 aliphatic heterocycles. The molecule has 1 heterocycles. The fourth-order valence-electron chi connectivity index (χ4n) is 1.34. The quantitative estimate of drug-likeness (QED) is 0.631. The normalized spacial score (nSPS) is 11.2. The lowest BCUT2D eigenvalue weighted by atomic mass is 10.4. The van der Waals surface area contributed by atoms with Gasteiger partial charge in [0.1, 0.15) is 5.82 Å². The highest BCUT2D eigenvalue weighted by atomic mass is 16.5. The molecule has 1 aromatic heterocycles. The molecule has 5 nitrogen and oxygen atoms in total. The molecule has 0 aliphatic rings. The van der Waals surface area contributed by atoms with E-state index in [0.717, 1.165) is 18.9 Å². The molecule has 2 N–H and O–H groups in total. The summed E-state index contributed by atoms with van der Waals surface area (Å²) in [5.41, 5.74) is 0. The smallest absolute Gasteiger partial charge is 0.122 e. The second-order valence-electron chi connectivity index (χ2n) is 3.91. The van der Waals surface area contributed by atoms with Gasteiger partial charge in [-0.3, -0.25) is 0 Å². The number of aliphatic hydroxyl groups is 1. The third-order valence-corrected chi connectivity index (χ3v) is 2.18. The van der Waals surface area contributed by atoms with Crippen molar-refractivity contribution < 1.29 is 9.84 Å². The topological polar surface area (TPSA) is 59.3 Å². The third kappa shape index (κ3) is 4.74. The molecule has 0 amide bonds. The first-order valence-electron chi connectivity index (χ1n) is 5.66. The Bertz CT molecular complexity index is 287. The maximum absolute atomic E-state index is 8.57. The predicted molar refractivity (Wildman–Crippen MR) is 62.1 cm³/mol. The lowest BCUT2D eigenvalue weighted by Gasteiger charge is -2.10. The van der Waals surface area contributed by atoms with Crippen LogP contribution in [0.15, 0.2) is 12.4 Å². The first kappa shape index (κ1) is 13.2. The molecule has 16 heavy (non-hydrogen) atoms. The van der Waals surface area contributed by atoms with E-state index in [2.05, 4.69) is 28.7 Å². The van der Waals surface area contributed by atoms with Crippen LogP contribution >= 0.6 is 0 Å². The van der Waals surface area contributed by atoms with E-state index in [0.29, 0.717) is 19.3 Å². The molecule has 1 rings (SSSR count). The SMILES string of the molecule is CC(C)NCc1nccn1CCOCCO. The number of ether oxygens (including phenoxy) is 1. The molecule has 5 heteroatoms. The van der Waals surface area contributed by atoms with Crippen LogP contribution in [0.5, 0.6) is 0 Å². The zero-order valence-electron chi connectivity index (χ0n) is 10.0. The second kappa shape index (κ2) is 7.38. The summed E-state index contributed by atoms with van der Waals surface area (Å²) >= 11 is 0. The number of hydrogen-bond acceptors (Lipinski definition) is 4. The molecule has 0 radical (unpaired) electrons. The van der Waals surface area contributed by atoms with Crippen molar-refractivity contribution in [3.05, 3.63) is 18.2 Å². The van der Waals surface area contributed by atoms with Crippen molar-refractivity contribution in [3.8, 4) is 0 Å². The van der Waals surface area contributed by atoms with Crippen LogP contribution in [0.25, 0.3) is 0 Å². The van der Waals surface area contributed by atoms with Gasteiger partial charge >= 0.3 is 0 Å². The van der Waals surface area contributed by atoms with Crippen LogP contribution in [-0.2, 0) is 17.8 Å². The summed E-state index contributed by atoms with van der Waals surface area (Å²) in [7, 11) is 0. The van der Waals surface area contributed by atoms with Gasteiger partial charge in [-0.05, 0) is 0 Å². The molecule has 0 unspecified atom stereocenters. The van der Waals surface area contributed by atoms with E-state index in [1.807, 2.05) is 6.20 Å². The Morgan fingerprint density at radius 2 is 2.31 bits per heavy atom. The fraction of sp³-hybridized carbons (Fsp3) is 0.727. The van der Waals surface area contributed by atoms with Crippen LogP contribution in [0, 0.1) is 0 Å². The fourth-order valence-corrected chi connectivity index (χ4v) is 1.34. The molecule has 0 aromatic carbocycles. The maximum Gasteiger partial charge on any atom is 0.122 e. The van der Waals surface area contributed by atoms with Crippen LogP contribution in [0.2, 0.25) is 0 Å². The third-order valence-electron chi connectivity index (χ3n) is 2.18. The molecule has 0 spiro atoms. The van der Waals surface area contributed by atoms with E-state index < -0.39 is 0 Å². The number of nitrogens with one attached hydrogen (secondary N) is 1. The zero-order valence-corrected chi connectivity index (χ0v) is 10.0. The molecule has 92 valence electrons. The number of aromatic nitrogens is 2. The number of hydrogen-bond donors (Lipinski definition) is 2. The van der Waals surface area contributed by atoms with Gasteiger partial charge in [0.15, 0.2) is 0 Å². The first-order valence-corrected chi connectivity index (χ1v) is 5.66. The lowest BCUT2D eigenvalue weighted by Crippen LogP contribution is -2.24. The highest BCUT2D eigenvalue weighted by Gasteiger charge is 2.02. The summed E-state index contributed by atoms with van der Waals surface area (Å²) in [6.45, 7) is 6.83. The van der Waals surface area contributed by atoms with E-state index in [1.54, 1.807) is 6.20 Å². The molecular weight excluding hydrogens is 206 g/mol. The summed E-state index contributed by atoms with van der Waals surface area (Å²) in [5, 5.41) is 11.9. The van der Waals surface area contributed by atoms with Gasteiger partial charge < -0.3 is 19.7 Å². The maximum atomic E-state index is 8.57. The highest BCUT2D eigenvalue weighted by molar-refractivity contribution is 4.92. The van der Waals surface area contributed by atoms with E-state index in [9.17, 15) is 0 Å². The van der Waals surface area contributed by atoms with Crippen LogP contribution in [-0.4, -0.2) is 40.5 Å². The van der Waals surface area contributed by atoms with Crippen LogP contribution < -0.4 is 5.32 Å². The van der Waals surface area contributed by atoms with Gasteiger partial charge in [-0.1, -0.05) is 13.8 Å². The monoisotopic (exact) mass is 227 g/mol. The Labute approximate surface area is 96.4 Å². The first-order chi connectivity index (χ1) is 7.74.